The van der Waals surface area contributed by atoms with Gasteiger partial charge < -0.3 is 27.9 Å². The van der Waals surface area contributed by atoms with E-state index >= 15 is 0 Å². The molecule has 2 fully saturated rings. The molecule has 0 spiro atoms. The SMILES string of the molecule is CC(COB1OC(c2ccccc2)(c2ccccc2)C(c2ccccc2)(c2ccccc2)O1)OB1OC(c2ccccc2)(c2ccccc2)C(c2ccccc2)(c2ccccc2)O1. The van der Waals surface area contributed by atoms with Gasteiger partial charge >= 0.3 is 14.6 Å². The van der Waals surface area contributed by atoms with Gasteiger partial charge in [-0.3, -0.25) is 0 Å². The zero-order chi connectivity index (χ0) is 42.6. The van der Waals surface area contributed by atoms with Gasteiger partial charge in [-0.15, -0.1) is 0 Å². The lowest BCUT2D eigenvalue weighted by Gasteiger charge is -2.45. The van der Waals surface area contributed by atoms with E-state index in [9.17, 15) is 0 Å². The fraction of sp³-hybridized carbons (Fsp3) is 0.127. The summed E-state index contributed by atoms with van der Waals surface area (Å²) >= 11 is 0. The second-order valence-electron chi connectivity index (χ2n) is 16.0. The first-order valence-electron chi connectivity index (χ1n) is 21.5. The number of hydrogen-bond acceptors (Lipinski definition) is 6. The molecule has 0 aromatic heterocycles. The van der Waals surface area contributed by atoms with E-state index in [1.165, 1.54) is 0 Å². The van der Waals surface area contributed by atoms with Crippen LogP contribution in [0.4, 0.5) is 0 Å². The van der Waals surface area contributed by atoms with Crippen LogP contribution in [0.2, 0.25) is 0 Å². The Balaban J connectivity index is 1.03. The van der Waals surface area contributed by atoms with Crippen molar-refractivity contribution in [1.29, 1.82) is 0 Å². The average molecular weight is 825 g/mol. The molecule has 0 radical (unpaired) electrons. The second-order valence-corrected chi connectivity index (χ2v) is 16.0. The predicted octanol–water partition coefficient (Wildman–Crippen LogP) is 11.2. The van der Waals surface area contributed by atoms with Gasteiger partial charge in [0.15, 0.2) is 0 Å². The summed E-state index contributed by atoms with van der Waals surface area (Å²) in [5.74, 6) is 0. The van der Waals surface area contributed by atoms with Gasteiger partial charge in [-0.25, -0.2) is 0 Å². The van der Waals surface area contributed by atoms with Crippen molar-refractivity contribution in [3.05, 3.63) is 287 Å². The molecule has 8 aromatic carbocycles. The van der Waals surface area contributed by atoms with Gasteiger partial charge in [0.2, 0.25) is 0 Å². The molecule has 0 N–H and O–H groups in total. The van der Waals surface area contributed by atoms with Crippen molar-refractivity contribution in [3.8, 4) is 0 Å². The topological polar surface area (TPSA) is 55.4 Å². The van der Waals surface area contributed by atoms with E-state index in [-0.39, 0.29) is 6.61 Å². The summed E-state index contributed by atoms with van der Waals surface area (Å²) in [5, 5.41) is 0. The second kappa shape index (κ2) is 17.4. The van der Waals surface area contributed by atoms with E-state index < -0.39 is 43.2 Å². The van der Waals surface area contributed by atoms with Crippen LogP contribution in [-0.4, -0.2) is 27.4 Å². The van der Waals surface area contributed by atoms with Crippen LogP contribution in [0.15, 0.2) is 243 Å². The van der Waals surface area contributed by atoms with Crippen LogP contribution in [0.1, 0.15) is 51.4 Å². The van der Waals surface area contributed by atoms with Crippen LogP contribution >= 0.6 is 0 Å². The maximum absolute atomic E-state index is 7.32. The van der Waals surface area contributed by atoms with Crippen molar-refractivity contribution in [2.45, 2.75) is 35.4 Å². The molecular weight excluding hydrogens is 778 g/mol. The fourth-order valence-corrected chi connectivity index (χ4v) is 9.74. The minimum Gasteiger partial charge on any atom is -0.383 e. The molecule has 8 heteroatoms. The van der Waals surface area contributed by atoms with E-state index in [0.717, 1.165) is 44.5 Å². The van der Waals surface area contributed by atoms with E-state index in [1.54, 1.807) is 0 Å². The average Bonchev–Trinajstić information content (AvgIpc) is 3.92. The van der Waals surface area contributed by atoms with Crippen LogP contribution in [0.25, 0.3) is 0 Å². The fourth-order valence-electron chi connectivity index (χ4n) is 9.74. The first-order valence-corrected chi connectivity index (χ1v) is 21.5. The minimum absolute atomic E-state index is 0.0839. The molecule has 0 amide bonds. The van der Waals surface area contributed by atoms with Gasteiger partial charge in [0.05, 0.1) is 12.7 Å². The molecule has 63 heavy (non-hydrogen) atoms. The van der Waals surface area contributed by atoms with Gasteiger partial charge in [0.1, 0.15) is 22.4 Å². The summed E-state index contributed by atoms with van der Waals surface area (Å²) in [6.07, 6.45) is -0.555. The smallest absolute Gasteiger partial charge is 0.383 e. The minimum atomic E-state index is -1.18. The molecule has 0 saturated carbocycles. The Morgan fingerprint density at radius 1 is 0.317 bits per heavy atom. The Labute approximate surface area is 370 Å². The van der Waals surface area contributed by atoms with Crippen molar-refractivity contribution < 1.29 is 27.9 Å². The Morgan fingerprint density at radius 3 is 0.714 bits per heavy atom. The molecule has 2 saturated heterocycles. The maximum Gasteiger partial charge on any atom is 0.641 e. The van der Waals surface area contributed by atoms with Crippen molar-refractivity contribution >= 4 is 14.6 Å². The summed E-state index contributed by atoms with van der Waals surface area (Å²) < 4.78 is 42.8. The Kier molecular flexibility index (Phi) is 11.3. The standard InChI is InChI=1S/C55H46B2O6/c1-43(59-57-62-54(48-34-18-6-19-35-48,49-36-20-7-21-37-49)55(63-57,50-38-22-8-23-39-50)51-40-24-9-25-41-51)42-58-56-60-52(44-26-10-2-11-27-44,45-28-12-3-13-29-45)53(61-56,46-30-14-4-15-31-46)47-32-16-5-17-33-47/h2-41,43H,42H2,1H3. The Hall–Kier alpha value is -6.35. The zero-order valence-electron chi connectivity index (χ0n) is 35.0. The molecule has 2 aliphatic heterocycles. The summed E-state index contributed by atoms with van der Waals surface area (Å²) in [4.78, 5) is 0. The third kappa shape index (κ3) is 6.87. The lowest BCUT2D eigenvalue weighted by Crippen LogP contribution is -2.48. The van der Waals surface area contributed by atoms with E-state index in [2.05, 4.69) is 97.1 Å². The molecule has 308 valence electrons. The van der Waals surface area contributed by atoms with Gasteiger partial charge in [0, 0.05) is 0 Å². The number of benzene rings is 8. The highest BCUT2D eigenvalue weighted by atomic mass is 16.8. The van der Waals surface area contributed by atoms with E-state index in [0.29, 0.717) is 0 Å². The largest absolute Gasteiger partial charge is 0.641 e. The summed E-state index contributed by atoms with van der Waals surface area (Å²) in [6, 6.07) is 82.2. The number of rotatable bonds is 13. The monoisotopic (exact) mass is 824 g/mol. The Morgan fingerprint density at radius 2 is 0.508 bits per heavy atom. The summed E-state index contributed by atoms with van der Waals surface area (Å²) in [6.45, 7) is 2.03. The summed E-state index contributed by atoms with van der Waals surface area (Å²) in [7, 11) is -2.25. The Bertz CT molecular complexity index is 2340. The molecule has 8 aromatic rings. The highest BCUT2D eigenvalue weighted by Gasteiger charge is 2.68. The van der Waals surface area contributed by atoms with Crippen LogP contribution in [0.3, 0.4) is 0 Å². The molecule has 1 unspecified atom stereocenters. The summed E-state index contributed by atoms with van der Waals surface area (Å²) in [5.41, 5.74) is 2.63. The molecule has 0 bridgehead atoms. The third-order valence-corrected chi connectivity index (χ3v) is 12.3. The van der Waals surface area contributed by atoms with Crippen molar-refractivity contribution in [2.75, 3.05) is 6.61 Å². The first kappa shape index (κ1) is 40.7. The number of hydrogen-bond donors (Lipinski definition) is 0. The van der Waals surface area contributed by atoms with E-state index in [4.69, 9.17) is 27.9 Å². The van der Waals surface area contributed by atoms with Crippen LogP contribution in [-0.2, 0) is 50.3 Å². The lowest BCUT2D eigenvalue weighted by atomic mass is 9.66. The van der Waals surface area contributed by atoms with E-state index in [1.807, 2.05) is 153 Å². The molecule has 2 heterocycles. The quantitative estimate of drug-likeness (QED) is 0.108. The van der Waals surface area contributed by atoms with Crippen molar-refractivity contribution in [1.82, 2.24) is 0 Å². The lowest BCUT2D eigenvalue weighted by molar-refractivity contribution is 0.00370. The maximum atomic E-state index is 7.32. The molecule has 6 nitrogen and oxygen atoms in total. The molecule has 1 atom stereocenters. The van der Waals surface area contributed by atoms with Gasteiger partial charge in [-0.05, 0) is 51.4 Å². The zero-order valence-corrected chi connectivity index (χ0v) is 35.0. The first-order chi connectivity index (χ1) is 31.1. The van der Waals surface area contributed by atoms with Crippen LogP contribution < -0.4 is 0 Å². The molecular formula is C55H46B2O6. The van der Waals surface area contributed by atoms with Crippen LogP contribution in [0.5, 0.6) is 0 Å². The predicted molar refractivity (Wildman–Crippen MR) is 247 cm³/mol. The molecule has 2 aliphatic rings. The van der Waals surface area contributed by atoms with Crippen LogP contribution in [0, 0.1) is 0 Å². The van der Waals surface area contributed by atoms with Crippen molar-refractivity contribution in [2.24, 2.45) is 0 Å². The van der Waals surface area contributed by atoms with Gasteiger partial charge in [-0.2, -0.15) is 0 Å². The highest BCUT2D eigenvalue weighted by Crippen LogP contribution is 2.60. The van der Waals surface area contributed by atoms with Gasteiger partial charge in [-0.1, -0.05) is 243 Å². The molecule has 10 rings (SSSR count). The third-order valence-electron chi connectivity index (χ3n) is 12.3. The normalized spacial score (nSPS) is 17.6. The van der Waals surface area contributed by atoms with Crippen molar-refractivity contribution in [3.63, 3.8) is 0 Å². The highest BCUT2D eigenvalue weighted by molar-refractivity contribution is 6.38. The van der Waals surface area contributed by atoms with Gasteiger partial charge in [0.25, 0.3) is 0 Å². The molecule has 0 aliphatic carbocycles.